The standard InChI is InChI=1S/C13H13ClN2O/c1-3-11-15-12(8(2)13(17)16-11)9-5-4-6-10(14)7-9/h4-7H,3H2,1-2H3,(H,15,16,17). The van der Waals surface area contributed by atoms with E-state index in [-0.39, 0.29) is 5.56 Å². The summed E-state index contributed by atoms with van der Waals surface area (Å²) in [4.78, 5) is 18.9. The first-order valence-electron chi connectivity index (χ1n) is 5.47. The number of halogens is 1. The summed E-state index contributed by atoms with van der Waals surface area (Å²) in [5.41, 5.74) is 2.10. The number of aryl methyl sites for hydroxylation is 1. The topological polar surface area (TPSA) is 45.8 Å². The zero-order chi connectivity index (χ0) is 12.4. The molecule has 0 radical (unpaired) electrons. The van der Waals surface area contributed by atoms with Crippen LogP contribution in [-0.4, -0.2) is 9.97 Å². The lowest BCUT2D eigenvalue weighted by Gasteiger charge is -2.06. The predicted octanol–water partition coefficient (Wildman–Crippen LogP) is 2.96. The third-order valence-corrected chi connectivity index (χ3v) is 2.87. The lowest BCUT2D eigenvalue weighted by atomic mass is 10.1. The second kappa shape index (κ2) is 4.72. The van der Waals surface area contributed by atoms with E-state index in [1.807, 2.05) is 25.1 Å². The summed E-state index contributed by atoms with van der Waals surface area (Å²) < 4.78 is 0. The third kappa shape index (κ3) is 2.39. The van der Waals surface area contributed by atoms with Gasteiger partial charge in [-0.1, -0.05) is 30.7 Å². The Balaban J connectivity index is 2.66. The second-order valence-corrected chi connectivity index (χ2v) is 4.29. The van der Waals surface area contributed by atoms with Crippen LogP contribution in [0.5, 0.6) is 0 Å². The van der Waals surface area contributed by atoms with Gasteiger partial charge in [0.05, 0.1) is 5.69 Å². The molecule has 17 heavy (non-hydrogen) atoms. The van der Waals surface area contributed by atoms with Gasteiger partial charge in [-0.05, 0) is 19.1 Å². The van der Waals surface area contributed by atoms with Crippen LogP contribution in [0.25, 0.3) is 11.3 Å². The lowest BCUT2D eigenvalue weighted by molar-refractivity contribution is 0.912. The van der Waals surface area contributed by atoms with E-state index in [0.29, 0.717) is 28.5 Å². The number of hydrogen-bond acceptors (Lipinski definition) is 2. The molecule has 2 rings (SSSR count). The molecular formula is C13H13ClN2O. The van der Waals surface area contributed by atoms with Gasteiger partial charge in [0.2, 0.25) is 0 Å². The zero-order valence-electron chi connectivity index (χ0n) is 9.75. The van der Waals surface area contributed by atoms with Gasteiger partial charge in [-0.2, -0.15) is 0 Å². The summed E-state index contributed by atoms with van der Waals surface area (Å²) in [6, 6.07) is 7.37. The van der Waals surface area contributed by atoms with Crippen molar-refractivity contribution in [2.75, 3.05) is 0 Å². The molecular weight excluding hydrogens is 236 g/mol. The number of aromatic amines is 1. The van der Waals surface area contributed by atoms with Gasteiger partial charge in [-0.25, -0.2) is 4.98 Å². The number of nitrogens with zero attached hydrogens (tertiary/aromatic N) is 1. The third-order valence-electron chi connectivity index (χ3n) is 2.63. The minimum Gasteiger partial charge on any atom is -0.310 e. The van der Waals surface area contributed by atoms with Gasteiger partial charge in [-0.15, -0.1) is 0 Å². The number of aromatic nitrogens is 2. The average Bonchev–Trinajstić information content (AvgIpc) is 2.32. The predicted molar refractivity (Wildman–Crippen MR) is 69.4 cm³/mol. The smallest absolute Gasteiger partial charge is 0.254 e. The van der Waals surface area contributed by atoms with Crippen molar-refractivity contribution in [3.63, 3.8) is 0 Å². The molecule has 1 N–H and O–H groups in total. The quantitative estimate of drug-likeness (QED) is 0.888. The first-order chi connectivity index (χ1) is 8.11. The van der Waals surface area contributed by atoms with Crippen LogP contribution >= 0.6 is 11.6 Å². The van der Waals surface area contributed by atoms with Crippen molar-refractivity contribution in [3.05, 3.63) is 51.0 Å². The van der Waals surface area contributed by atoms with Gasteiger partial charge in [0.1, 0.15) is 5.82 Å². The average molecular weight is 249 g/mol. The van der Waals surface area contributed by atoms with Crippen molar-refractivity contribution in [1.82, 2.24) is 9.97 Å². The summed E-state index contributed by atoms with van der Waals surface area (Å²) in [7, 11) is 0. The zero-order valence-corrected chi connectivity index (χ0v) is 10.5. The van der Waals surface area contributed by atoms with Crippen LogP contribution < -0.4 is 5.56 Å². The van der Waals surface area contributed by atoms with Gasteiger partial charge < -0.3 is 4.98 Å². The van der Waals surface area contributed by atoms with Crippen LogP contribution in [-0.2, 0) is 6.42 Å². The van der Waals surface area contributed by atoms with E-state index in [2.05, 4.69) is 9.97 Å². The van der Waals surface area contributed by atoms with E-state index in [4.69, 9.17) is 11.6 Å². The van der Waals surface area contributed by atoms with Crippen LogP contribution in [0, 0.1) is 6.92 Å². The van der Waals surface area contributed by atoms with E-state index < -0.39 is 0 Å². The van der Waals surface area contributed by atoms with Gasteiger partial charge >= 0.3 is 0 Å². The summed E-state index contributed by atoms with van der Waals surface area (Å²) in [5, 5.41) is 0.641. The molecule has 0 aliphatic heterocycles. The molecule has 0 unspecified atom stereocenters. The maximum absolute atomic E-state index is 11.7. The number of hydrogen-bond donors (Lipinski definition) is 1. The molecule has 0 aliphatic rings. The van der Waals surface area contributed by atoms with Crippen LogP contribution in [0.2, 0.25) is 5.02 Å². The molecule has 4 heteroatoms. The highest BCUT2D eigenvalue weighted by atomic mass is 35.5. The van der Waals surface area contributed by atoms with Crippen molar-refractivity contribution >= 4 is 11.6 Å². The van der Waals surface area contributed by atoms with Crippen LogP contribution in [0.3, 0.4) is 0 Å². The van der Waals surface area contributed by atoms with Crippen LogP contribution in [0.15, 0.2) is 29.1 Å². The van der Waals surface area contributed by atoms with Gasteiger partial charge in [0.25, 0.3) is 5.56 Å². The molecule has 1 heterocycles. The number of benzene rings is 1. The van der Waals surface area contributed by atoms with Gasteiger partial charge in [0, 0.05) is 22.6 Å². The first kappa shape index (κ1) is 11.9. The maximum Gasteiger partial charge on any atom is 0.254 e. The number of H-pyrrole nitrogens is 1. The van der Waals surface area contributed by atoms with E-state index in [0.717, 1.165) is 5.56 Å². The van der Waals surface area contributed by atoms with E-state index in [9.17, 15) is 4.79 Å². The highest BCUT2D eigenvalue weighted by Crippen LogP contribution is 2.22. The Labute approximate surface area is 104 Å². The lowest BCUT2D eigenvalue weighted by Crippen LogP contribution is -2.15. The van der Waals surface area contributed by atoms with Crippen molar-refractivity contribution in [2.24, 2.45) is 0 Å². The molecule has 2 aromatic rings. The largest absolute Gasteiger partial charge is 0.310 e. The first-order valence-corrected chi connectivity index (χ1v) is 5.85. The summed E-state index contributed by atoms with van der Waals surface area (Å²) in [6.07, 6.45) is 0.698. The van der Waals surface area contributed by atoms with Crippen molar-refractivity contribution < 1.29 is 0 Å². The molecule has 0 spiro atoms. The normalized spacial score (nSPS) is 10.5. The Morgan fingerprint density at radius 2 is 2.18 bits per heavy atom. The van der Waals surface area contributed by atoms with Gasteiger partial charge in [0.15, 0.2) is 0 Å². The Kier molecular flexibility index (Phi) is 3.29. The summed E-state index contributed by atoms with van der Waals surface area (Å²) in [5.74, 6) is 0.690. The fourth-order valence-corrected chi connectivity index (χ4v) is 1.85. The molecule has 3 nitrogen and oxygen atoms in total. The van der Waals surface area contributed by atoms with Crippen molar-refractivity contribution in [3.8, 4) is 11.3 Å². The molecule has 0 fully saturated rings. The number of rotatable bonds is 2. The Morgan fingerprint density at radius 3 is 2.82 bits per heavy atom. The van der Waals surface area contributed by atoms with Crippen LogP contribution in [0.4, 0.5) is 0 Å². The Bertz CT molecular complexity index is 605. The molecule has 88 valence electrons. The fraction of sp³-hybridized carbons (Fsp3) is 0.231. The second-order valence-electron chi connectivity index (χ2n) is 3.85. The molecule has 0 aliphatic carbocycles. The Hall–Kier alpha value is -1.61. The van der Waals surface area contributed by atoms with Crippen molar-refractivity contribution in [1.29, 1.82) is 0 Å². The molecule has 0 saturated carbocycles. The molecule has 0 bridgehead atoms. The minimum atomic E-state index is -0.0909. The highest BCUT2D eigenvalue weighted by molar-refractivity contribution is 6.30. The van der Waals surface area contributed by atoms with Crippen molar-refractivity contribution in [2.45, 2.75) is 20.3 Å². The molecule has 0 amide bonds. The summed E-state index contributed by atoms with van der Waals surface area (Å²) in [6.45, 7) is 3.72. The van der Waals surface area contributed by atoms with E-state index >= 15 is 0 Å². The summed E-state index contributed by atoms with van der Waals surface area (Å²) >= 11 is 5.95. The highest BCUT2D eigenvalue weighted by Gasteiger charge is 2.09. The van der Waals surface area contributed by atoms with Gasteiger partial charge in [-0.3, -0.25) is 4.79 Å². The van der Waals surface area contributed by atoms with E-state index in [1.165, 1.54) is 0 Å². The fourth-order valence-electron chi connectivity index (χ4n) is 1.66. The van der Waals surface area contributed by atoms with Crippen LogP contribution in [0.1, 0.15) is 18.3 Å². The molecule has 1 aromatic carbocycles. The monoisotopic (exact) mass is 248 g/mol. The minimum absolute atomic E-state index is 0.0909. The van der Waals surface area contributed by atoms with E-state index in [1.54, 1.807) is 13.0 Å². The molecule has 0 atom stereocenters. The molecule has 1 aromatic heterocycles. The molecule has 0 saturated heterocycles. The SMILES string of the molecule is CCc1nc(-c2cccc(Cl)c2)c(C)c(=O)[nH]1. The maximum atomic E-state index is 11.7. The Morgan fingerprint density at radius 1 is 1.41 bits per heavy atom. The number of nitrogens with one attached hydrogen (secondary N) is 1.